The highest BCUT2D eigenvalue weighted by atomic mass is 16.5. The number of urea groups is 1. The van der Waals surface area contributed by atoms with Gasteiger partial charge < -0.3 is 20.1 Å². The van der Waals surface area contributed by atoms with Crippen LogP contribution in [0.4, 0.5) is 4.79 Å². The average Bonchev–Trinajstić information content (AvgIpc) is 2.73. The molecular weight excluding hydrogens is 236 g/mol. The monoisotopic (exact) mass is 258 g/mol. The summed E-state index contributed by atoms with van der Waals surface area (Å²) in [6, 6.07) is -0.451. The van der Waals surface area contributed by atoms with Crippen molar-refractivity contribution in [1.29, 1.82) is 0 Å². The van der Waals surface area contributed by atoms with E-state index >= 15 is 0 Å². The number of nitrogens with zero attached hydrogens (tertiary/aromatic N) is 1. The molecule has 0 spiro atoms. The first-order chi connectivity index (χ1) is 8.47. The highest BCUT2D eigenvalue weighted by Crippen LogP contribution is 2.32. The van der Waals surface area contributed by atoms with Gasteiger partial charge in [0.15, 0.2) is 0 Å². The van der Waals surface area contributed by atoms with Crippen LogP contribution in [0.2, 0.25) is 0 Å². The van der Waals surface area contributed by atoms with Gasteiger partial charge in [-0.3, -0.25) is 0 Å². The Morgan fingerprint density at radius 1 is 1.56 bits per heavy atom. The fourth-order valence-corrected chi connectivity index (χ4v) is 2.50. The van der Waals surface area contributed by atoms with Crippen LogP contribution >= 0.6 is 0 Å². The molecule has 1 aliphatic rings. The van der Waals surface area contributed by atoms with Crippen molar-refractivity contribution >= 4 is 12.0 Å². The summed E-state index contributed by atoms with van der Waals surface area (Å²) in [6.07, 6.45) is 1.67. The van der Waals surface area contributed by atoms with Crippen LogP contribution in [0.25, 0.3) is 0 Å². The van der Waals surface area contributed by atoms with Crippen LogP contribution in [0, 0.1) is 0 Å². The van der Waals surface area contributed by atoms with Crippen molar-refractivity contribution in [2.75, 3.05) is 20.3 Å². The van der Waals surface area contributed by atoms with Gasteiger partial charge in [-0.05, 0) is 26.2 Å². The Hall–Kier alpha value is -1.30. The van der Waals surface area contributed by atoms with E-state index in [2.05, 4.69) is 5.32 Å². The normalized spacial score (nSPS) is 24.9. The molecule has 0 aromatic rings. The second kappa shape index (κ2) is 6.04. The third kappa shape index (κ3) is 2.75. The lowest BCUT2D eigenvalue weighted by Gasteiger charge is -2.34. The maximum absolute atomic E-state index is 12.1. The highest BCUT2D eigenvalue weighted by Gasteiger charge is 2.48. The predicted molar refractivity (Wildman–Crippen MR) is 66.5 cm³/mol. The Morgan fingerprint density at radius 2 is 2.22 bits per heavy atom. The Labute approximate surface area is 107 Å². The van der Waals surface area contributed by atoms with Crippen LogP contribution < -0.4 is 5.32 Å². The number of carboxylic acid groups (broad SMARTS) is 1. The minimum absolute atomic E-state index is 0.133. The molecule has 2 N–H and O–H groups in total. The summed E-state index contributed by atoms with van der Waals surface area (Å²) in [6.45, 7) is 4.53. The molecule has 1 heterocycles. The van der Waals surface area contributed by atoms with E-state index in [0.29, 0.717) is 26.0 Å². The standard InChI is InChI=1S/C12H22N2O4/c1-4-12(10(15)16)6-5-7-14(12)11(17)13-9(2)8-18-3/h9H,4-8H2,1-3H3,(H,13,17)(H,15,16). The Morgan fingerprint density at radius 3 is 2.72 bits per heavy atom. The number of carboxylic acids is 1. The first kappa shape index (κ1) is 14.8. The molecule has 6 heteroatoms. The van der Waals surface area contributed by atoms with Crippen LogP contribution in [0.15, 0.2) is 0 Å². The van der Waals surface area contributed by atoms with E-state index in [-0.39, 0.29) is 12.1 Å². The summed E-state index contributed by atoms with van der Waals surface area (Å²) < 4.78 is 4.94. The molecule has 1 rings (SSSR count). The zero-order valence-electron chi connectivity index (χ0n) is 11.2. The molecule has 0 radical (unpaired) electrons. The molecular formula is C12H22N2O4. The first-order valence-corrected chi connectivity index (χ1v) is 6.28. The van der Waals surface area contributed by atoms with Crippen LogP contribution in [-0.4, -0.2) is 53.8 Å². The second-order valence-corrected chi connectivity index (χ2v) is 4.75. The molecule has 0 bridgehead atoms. The number of carbonyl (C=O) groups excluding carboxylic acids is 1. The van der Waals surface area contributed by atoms with Crippen molar-refractivity contribution < 1.29 is 19.4 Å². The maximum atomic E-state index is 12.1. The van der Waals surface area contributed by atoms with Crippen molar-refractivity contribution in [3.05, 3.63) is 0 Å². The molecule has 2 atom stereocenters. The number of hydrogen-bond acceptors (Lipinski definition) is 3. The fraction of sp³-hybridized carbons (Fsp3) is 0.833. The summed E-state index contributed by atoms with van der Waals surface area (Å²) in [5.41, 5.74) is -1.04. The molecule has 0 aliphatic carbocycles. The number of amides is 2. The summed E-state index contributed by atoms with van der Waals surface area (Å²) in [7, 11) is 1.56. The van der Waals surface area contributed by atoms with Crippen molar-refractivity contribution in [1.82, 2.24) is 10.2 Å². The first-order valence-electron chi connectivity index (χ1n) is 6.28. The highest BCUT2D eigenvalue weighted by molar-refractivity contribution is 5.87. The van der Waals surface area contributed by atoms with Gasteiger partial charge in [-0.2, -0.15) is 0 Å². The van der Waals surface area contributed by atoms with Gasteiger partial charge >= 0.3 is 12.0 Å². The number of aliphatic carboxylic acids is 1. The third-order valence-electron chi connectivity index (χ3n) is 3.50. The van der Waals surface area contributed by atoms with Gasteiger partial charge in [-0.1, -0.05) is 6.92 Å². The molecule has 1 fully saturated rings. The molecule has 1 aliphatic heterocycles. The summed E-state index contributed by atoms with van der Waals surface area (Å²) in [5, 5.41) is 12.1. The number of rotatable bonds is 5. The minimum Gasteiger partial charge on any atom is -0.479 e. The lowest BCUT2D eigenvalue weighted by molar-refractivity contribution is -0.148. The van der Waals surface area contributed by atoms with E-state index in [4.69, 9.17) is 4.74 Å². The molecule has 0 aromatic carbocycles. The van der Waals surface area contributed by atoms with E-state index in [1.165, 1.54) is 4.90 Å². The number of nitrogens with one attached hydrogen (secondary N) is 1. The topological polar surface area (TPSA) is 78.9 Å². The van der Waals surface area contributed by atoms with Gasteiger partial charge in [-0.15, -0.1) is 0 Å². The van der Waals surface area contributed by atoms with Gasteiger partial charge in [0, 0.05) is 13.7 Å². The zero-order valence-corrected chi connectivity index (χ0v) is 11.2. The molecule has 6 nitrogen and oxygen atoms in total. The molecule has 0 aromatic heterocycles. The molecule has 18 heavy (non-hydrogen) atoms. The second-order valence-electron chi connectivity index (χ2n) is 4.75. The van der Waals surface area contributed by atoms with Crippen molar-refractivity contribution in [2.24, 2.45) is 0 Å². The number of ether oxygens (including phenoxy) is 1. The van der Waals surface area contributed by atoms with Crippen molar-refractivity contribution in [3.63, 3.8) is 0 Å². The molecule has 1 saturated heterocycles. The number of hydrogen-bond donors (Lipinski definition) is 2. The predicted octanol–water partition coefficient (Wildman–Crippen LogP) is 1.06. The summed E-state index contributed by atoms with van der Waals surface area (Å²) in [4.78, 5) is 25.0. The number of methoxy groups -OCH3 is 1. The lowest BCUT2D eigenvalue weighted by atomic mass is 9.93. The number of carbonyl (C=O) groups is 2. The van der Waals surface area contributed by atoms with E-state index in [0.717, 1.165) is 6.42 Å². The van der Waals surface area contributed by atoms with Crippen LogP contribution in [0.3, 0.4) is 0 Å². The quantitative estimate of drug-likeness (QED) is 0.773. The van der Waals surface area contributed by atoms with Gasteiger partial charge in [0.25, 0.3) is 0 Å². The molecule has 2 amide bonds. The van der Waals surface area contributed by atoms with Crippen LogP contribution in [-0.2, 0) is 9.53 Å². The fourth-order valence-electron chi connectivity index (χ4n) is 2.50. The smallest absolute Gasteiger partial charge is 0.329 e. The van der Waals surface area contributed by atoms with Crippen LogP contribution in [0.1, 0.15) is 33.1 Å². The van der Waals surface area contributed by atoms with Crippen LogP contribution in [0.5, 0.6) is 0 Å². The van der Waals surface area contributed by atoms with Gasteiger partial charge in [0.1, 0.15) is 5.54 Å². The third-order valence-corrected chi connectivity index (χ3v) is 3.50. The van der Waals surface area contributed by atoms with Crippen molar-refractivity contribution in [2.45, 2.75) is 44.7 Å². The minimum atomic E-state index is -1.04. The van der Waals surface area contributed by atoms with Gasteiger partial charge in [0.05, 0.1) is 12.6 Å². The maximum Gasteiger partial charge on any atom is 0.329 e. The Balaban J connectivity index is 2.75. The van der Waals surface area contributed by atoms with E-state index in [1.54, 1.807) is 14.0 Å². The van der Waals surface area contributed by atoms with E-state index in [1.807, 2.05) is 6.92 Å². The molecule has 0 saturated carbocycles. The van der Waals surface area contributed by atoms with Gasteiger partial charge in [0.2, 0.25) is 0 Å². The Kier molecular flexibility index (Phi) is 4.95. The SMILES string of the molecule is CCC1(C(=O)O)CCCN1C(=O)NC(C)COC. The summed E-state index contributed by atoms with van der Waals surface area (Å²) in [5.74, 6) is -0.919. The zero-order chi connectivity index (χ0) is 13.8. The van der Waals surface area contributed by atoms with Gasteiger partial charge in [-0.25, -0.2) is 9.59 Å². The number of likely N-dealkylation sites (tertiary alicyclic amines) is 1. The largest absolute Gasteiger partial charge is 0.479 e. The summed E-state index contributed by atoms with van der Waals surface area (Å²) >= 11 is 0. The Bertz CT molecular complexity index is 321. The van der Waals surface area contributed by atoms with Crippen molar-refractivity contribution in [3.8, 4) is 0 Å². The molecule has 104 valence electrons. The van der Waals surface area contributed by atoms with E-state index < -0.39 is 11.5 Å². The molecule has 2 unspecified atom stereocenters. The van der Waals surface area contributed by atoms with E-state index in [9.17, 15) is 14.7 Å². The average molecular weight is 258 g/mol. The lowest BCUT2D eigenvalue weighted by Crippen LogP contribution is -2.57.